The first-order valence-electron chi connectivity index (χ1n) is 4.67. The number of aromatic nitrogens is 1. The predicted octanol–water partition coefficient (Wildman–Crippen LogP) is 1.65. The number of carbonyl (C=O) groups excluding carboxylic acids is 1. The summed E-state index contributed by atoms with van der Waals surface area (Å²) in [4.78, 5) is 14.8. The summed E-state index contributed by atoms with van der Waals surface area (Å²) in [6.45, 7) is 1.64. The largest absolute Gasteiger partial charge is 0.462 e. The highest BCUT2D eigenvalue weighted by Crippen LogP contribution is 2.24. The summed E-state index contributed by atoms with van der Waals surface area (Å²) in [6, 6.07) is 2.38. The van der Waals surface area contributed by atoms with E-state index >= 15 is 0 Å². The summed E-state index contributed by atoms with van der Waals surface area (Å²) >= 11 is 0. The molecule has 1 aromatic heterocycles. The van der Waals surface area contributed by atoms with Gasteiger partial charge in [-0.1, -0.05) is 0 Å². The molecule has 90 valence electrons. The van der Waals surface area contributed by atoms with Gasteiger partial charge in [0.2, 0.25) is 0 Å². The number of esters is 1. The summed E-state index contributed by atoms with van der Waals surface area (Å²) in [5, 5.41) is 8.67. The summed E-state index contributed by atoms with van der Waals surface area (Å²) in [5.41, 5.74) is 3.85. The molecule has 2 N–H and O–H groups in total. The van der Waals surface area contributed by atoms with Crippen molar-refractivity contribution in [2.75, 3.05) is 12.3 Å². The van der Waals surface area contributed by atoms with E-state index in [1.54, 1.807) is 13.0 Å². The fourth-order valence-corrected chi connectivity index (χ4v) is 1.15. The van der Waals surface area contributed by atoms with E-state index in [4.69, 9.17) is 11.0 Å². The van der Waals surface area contributed by atoms with Gasteiger partial charge in [0.15, 0.2) is 5.69 Å². The third-order valence-corrected chi connectivity index (χ3v) is 1.90. The van der Waals surface area contributed by atoms with Crippen molar-refractivity contribution in [2.45, 2.75) is 13.3 Å². The molecule has 0 radical (unpaired) electrons. The second-order valence-electron chi connectivity index (χ2n) is 2.99. The smallest absolute Gasteiger partial charge is 0.340 e. The van der Waals surface area contributed by atoms with E-state index in [0.717, 1.165) is 6.07 Å². The molecule has 1 rings (SSSR count). The van der Waals surface area contributed by atoms with Gasteiger partial charge in [-0.3, -0.25) is 0 Å². The molecule has 1 aromatic rings. The van der Waals surface area contributed by atoms with E-state index in [1.807, 2.05) is 0 Å². The minimum absolute atomic E-state index is 0.0759. The fraction of sp³-hybridized carbons (Fsp3) is 0.300. The molecule has 0 atom stereocenters. The zero-order chi connectivity index (χ0) is 13.0. The van der Waals surface area contributed by atoms with E-state index < -0.39 is 23.8 Å². The molecular weight excluding hydrogens is 232 g/mol. The Balaban J connectivity index is 3.33. The van der Waals surface area contributed by atoms with E-state index in [2.05, 4.69) is 9.72 Å². The van der Waals surface area contributed by atoms with Crippen molar-refractivity contribution in [3.05, 3.63) is 23.0 Å². The number of rotatable bonds is 3. The van der Waals surface area contributed by atoms with Gasteiger partial charge in [0.05, 0.1) is 17.9 Å². The topological polar surface area (TPSA) is 89.0 Å². The number of ether oxygens (including phenoxy) is 1. The zero-order valence-corrected chi connectivity index (χ0v) is 8.91. The van der Waals surface area contributed by atoms with Crippen LogP contribution < -0.4 is 5.73 Å². The van der Waals surface area contributed by atoms with Crippen molar-refractivity contribution in [3.63, 3.8) is 0 Å². The predicted molar refractivity (Wildman–Crippen MR) is 54.3 cm³/mol. The van der Waals surface area contributed by atoms with Crippen LogP contribution in [0, 0.1) is 11.3 Å². The van der Waals surface area contributed by atoms with Crippen LogP contribution in [0.15, 0.2) is 6.07 Å². The third-order valence-electron chi connectivity index (χ3n) is 1.90. The van der Waals surface area contributed by atoms with Gasteiger partial charge in [0.25, 0.3) is 6.43 Å². The van der Waals surface area contributed by atoms with Gasteiger partial charge in [0, 0.05) is 0 Å². The average molecular weight is 241 g/mol. The molecule has 1 heterocycles. The maximum absolute atomic E-state index is 12.5. The minimum atomic E-state index is -2.89. The Kier molecular flexibility index (Phi) is 3.93. The second-order valence-corrected chi connectivity index (χ2v) is 2.99. The third kappa shape index (κ3) is 2.66. The number of nitrogens with zero attached hydrogens (tertiary/aromatic N) is 2. The molecule has 0 bridgehead atoms. The van der Waals surface area contributed by atoms with Gasteiger partial charge in [-0.05, 0) is 13.0 Å². The lowest BCUT2D eigenvalue weighted by Crippen LogP contribution is -2.12. The number of nitrogens with two attached hydrogens (primary N) is 1. The SMILES string of the molecule is CCOC(=O)c1cc(C(F)F)nc(C#N)c1N. The zero-order valence-electron chi connectivity index (χ0n) is 8.91. The minimum Gasteiger partial charge on any atom is -0.462 e. The molecule has 0 unspecified atom stereocenters. The van der Waals surface area contributed by atoms with Gasteiger partial charge in [-0.25, -0.2) is 18.6 Å². The Hall–Kier alpha value is -2.23. The van der Waals surface area contributed by atoms with Crippen LogP contribution in [-0.2, 0) is 4.74 Å². The Morgan fingerprint density at radius 2 is 2.35 bits per heavy atom. The Bertz CT molecular complexity index is 483. The normalized spacial score (nSPS) is 10.1. The van der Waals surface area contributed by atoms with E-state index in [9.17, 15) is 13.6 Å². The molecule has 0 aromatic carbocycles. The first-order valence-corrected chi connectivity index (χ1v) is 4.67. The average Bonchev–Trinajstić information content (AvgIpc) is 2.29. The summed E-state index contributed by atoms with van der Waals surface area (Å²) < 4.78 is 29.6. The molecule has 0 fully saturated rings. The maximum Gasteiger partial charge on any atom is 0.340 e. The van der Waals surface area contributed by atoms with Crippen LogP contribution in [0.2, 0.25) is 0 Å². The number of alkyl halides is 2. The number of anilines is 1. The van der Waals surface area contributed by atoms with Gasteiger partial charge >= 0.3 is 5.97 Å². The summed E-state index contributed by atoms with van der Waals surface area (Å²) in [6.07, 6.45) is -2.89. The molecule has 0 saturated heterocycles. The van der Waals surface area contributed by atoms with Crippen molar-refractivity contribution in [3.8, 4) is 6.07 Å². The highest BCUT2D eigenvalue weighted by molar-refractivity contribution is 5.96. The number of hydrogen-bond donors (Lipinski definition) is 1. The molecule has 17 heavy (non-hydrogen) atoms. The second kappa shape index (κ2) is 5.21. The van der Waals surface area contributed by atoms with Crippen LogP contribution in [-0.4, -0.2) is 17.6 Å². The van der Waals surface area contributed by atoms with Crippen LogP contribution in [0.5, 0.6) is 0 Å². The lowest BCUT2D eigenvalue weighted by atomic mass is 10.1. The lowest BCUT2D eigenvalue weighted by Gasteiger charge is -2.08. The monoisotopic (exact) mass is 241 g/mol. The van der Waals surface area contributed by atoms with Crippen molar-refractivity contribution in [1.82, 2.24) is 4.98 Å². The number of carbonyl (C=O) groups is 1. The Morgan fingerprint density at radius 1 is 1.71 bits per heavy atom. The number of nitriles is 1. The molecule has 0 amide bonds. The molecule has 0 aliphatic rings. The number of halogens is 2. The molecule has 0 saturated carbocycles. The van der Waals surface area contributed by atoms with Crippen molar-refractivity contribution in [1.29, 1.82) is 5.26 Å². The van der Waals surface area contributed by atoms with Crippen molar-refractivity contribution in [2.24, 2.45) is 0 Å². The lowest BCUT2D eigenvalue weighted by molar-refractivity contribution is 0.0527. The number of pyridine rings is 1. The van der Waals surface area contributed by atoms with Gasteiger partial charge in [-0.15, -0.1) is 0 Å². The van der Waals surface area contributed by atoms with Gasteiger partial charge in [0.1, 0.15) is 11.8 Å². The summed E-state index contributed by atoms with van der Waals surface area (Å²) in [5.74, 6) is -0.856. The molecule has 0 spiro atoms. The Labute approximate surface area is 95.8 Å². The maximum atomic E-state index is 12.5. The highest BCUT2D eigenvalue weighted by Gasteiger charge is 2.20. The van der Waals surface area contributed by atoms with Gasteiger partial charge < -0.3 is 10.5 Å². The fourth-order valence-electron chi connectivity index (χ4n) is 1.15. The molecular formula is C10H9F2N3O2. The van der Waals surface area contributed by atoms with E-state index in [0.29, 0.717) is 0 Å². The number of nitrogen functional groups attached to an aromatic ring is 1. The molecule has 5 nitrogen and oxygen atoms in total. The standard InChI is InChI=1S/C10H9F2N3O2/c1-2-17-10(16)5-3-6(9(11)12)15-7(4-13)8(5)14/h3,9H,2,14H2,1H3. The van der Waals surface area contributed by atoms with Crippen LogP contribution in [0.3, 0.4) is 0 Å². The first kappa shape index (κ1) is 12.8. The van der Waals surface area contributed by atoms with Gasteiger partial charge in [-0.2, -0.15) is 5.26 Å². The van der Waals surface area contributed by atoms with Crippen LogP contribution >= 0.6 is 0 Å². The number of hydrogen-bond acceptors (Lipinski definition) is 5. The highest BCUT2D eigenvalue weighted by atomic mass is 19.3. The first-order chi connectivity index (χ1) is 8.01. The quantitative estimate of drug-likeness (QED) is 0.812. The van der Waals surface area contributed by atoms with E-state index in [1.165, 1.54) is 0 Å². The summed E-state index contributed by atoms with van der Waals surface area (Å²) in [7, 11) is 0. The molecule has 0 aliphatic heterocycles. The van der Waals surface area contributed by atoms with E-state index in [-0.39, 0.29) is 17.9 Å². The molecule has 0 aliphatic carbocycles. The Morgan fingerprint density at radius 3 is 2.82 bits per heavy atom. The van der Waals surface area contributed by atoms with Crippen molar-refractivity contribution < 1.29 is 18.3 Å². The molecule has 7 heteroatoms. The van der Waals surface area contributed by atoms with Crippen LogP contribution in [0.1, 0.15) is 35.1 Å². The van der Waals surface area contributed by atoms with Crippen molar-refractivity contribution >= 4 is 11.7 Å². The van der Waals surface area contributed by atoms with Crippen LogP contribution in [0.25, 0.3) is 0 Å². The van der Waals surface area contributed by atoms with Crippen LogP contribution in [0.4, 0.5) is 14.5 Å².